The average molecular weight is 273 g/mol. The van der Waals surface area contributed by atoms with Crippen molar-refractivity contribution >= 4 is 29.2 Å². The molecule has 1 amide bonds. The van der Waals surface area contributed by atoms with Crippen LogP contribution < -0.4 is 5.32 Å². The molecule has 0 spiro atoms. The SMILES string of the molecule is CC(NC(=O)c1ccc([N+](=O)[O-])c(Cl)c1)C(=O)O. The quantitative estimate of drug-likeness (QED) is 0.637. The molecular weight excluding hydrogens is 264 g/mol. The van der Waals surface area contributed by atoms with Crippen LogP contribution in [0.3, 0.4) is 0 Å². The van der Waals surface area contributed by atoms with E-state index in [-0.39, 0.29) is 16.3 Å². The number of rotatable bonds is 4. The minimum absolute atomic E-state index is 0.0544. The third kappa shape index (κ3) is 3.17. The van der Waals surface area contributed by atoms with E-state index in [0.717, 1.165) is 12.1 Å². The van der Waals surface area contributed by atoms with Gasteiger partial charge in [-0.15, -0.1) is 0 Å². The van der Waals surface area contributed by atoms with E-state index in [1.54, 1.807) is 0 Å². The lowest BCUT2D eigenvalue weighted by Crippen LogP contribution is -2.38. The standard InChI is InChI=1S/C10H9ClN2O5/c1-5(10(15)16)12-9(14)6-2-3-8(13(17)18)7(11)4-6/h2-5H,1H3,(H,12,14)(H,15,16). The number of carboxylic acids is 1. The molecule has 8 heteroatoms. The second-order valence-corrected chi connectivity index (χ2v) is 3.86. The molecule has 0 aromatic heterocycles. The summed E-state index contributed by atoms with van der Waals surface area (Å²) in [5, 5.41) is 21.2. The van der Waals surface area contributed by atoms with Crippen LogP contribution in [0.5, 0.6) is 0 Å². The first kappa shape index (κ1) is 13.9. The molecule has 0 saturated carbocycles. The Kier molecular flexibility index (Phi) is 4.22. The summed E-state index contributed by atoms with van der Waals surface area (Å²) in [5.74, 6) is -1.85. The Morgan fingerprint density at radius 2 is 2.11 bits per heavy atom. The number of carbonyl (C=O) groups excluding carboxylic acids is 1. The van der Waals surface area contributed by atoms with E-state index in [1.165, 1.54) is 13.0 Å². The maximum Gasteiger partial charge on any atom is 0.325 e. The molecule has 1 aromatic carbocycles. The Labute approximate surface area is 107 Å². The van der Waals surface area contributed by atoms with Gasteiger partial charge < -0.3 is 10.4 Å². The van der Waals surface area contributed by atoms with E-state index in [9.17, 15) is 19.7 Å². The van der Waals surface area contributed by atoms with Crippen LogP contribution in [0.4, 0.5) is 5.69 Å². The summed E-state index contributed by atoms with van der Waals surface area (Å²) in [7, 11) is 0. The number of nitro groups is 1. The van der Waals surface area contributed by atoms with E-state index in [2.05, 4.69) is 5.32 Å². The summed E-state index contributed by atoms with van der Waals surface area (Å²) in [4.78, 5) is 32.0. The summed E-state index contributed by atoms with van der Waals surface area (Å²) < 4.78 is 0. The maximum atomic E-state index is 11.6. The van der Waals surface area contributed by atoms with Crippen molar-refractivity contribution in [1.82, 2.24) is 5.32 Å². The fraction of sp³-hybridized carbons (Fsp3) is 0.200. The minimum atomic E-state index is -1.18. The maximum absolute atomic E-state index is 11.6. The summed E-state index contributed by atoms with van der Waals surface area (Å²) >= 11 is 5.63. The van der Waals surface area contributed by atoms with Crippen LogP contribution in [0, 0.1) is 10.1 Å². The van der Waals surface area contributed by atoms with E-state index in [4.69, 9.17) is 16.7 Å². The van der Waals surface area contributed by atoms with Gasteiger partial charge in [0.1, 0.15) is 11.1 Å². The van der Waals surface area contributed by atoms with Gasteiger partial charge in [0.05, 0.1) is 4.92 Å². The summed E-state index contributed by atoms with van der Waals surface area (Å²) in [5.41, 5.74) is -0.266. The van der Waals surface area contributed by atoms with Gasteiger partial charge in [-0.3, -0.25) is 19.7 Å². The van der Waals surface area contributed by atoms with Gasteiger partial charge in [-0.1, -0.05) is 11.6 Å². The fourth-order valence-corrected chi connectivity index (χ4v) is 1.39. The molecule has 7 nitrogen and oxygen atoms in total. The highest BCUT2D eigenvalue weighted by Crippen LogP contribution is 2.24. The Bertz CT molecular complexity index is 517. The molecule has 1 unspecified atom stereocenters. The average Bonchev–Trinajstić information content (AvgIpc) is 2.27. The van der Waals surface area contributed by atoms with E-state index < -0.39 is 22.8 Å². The predicted molar refractivity (Wildman–Crippen MR) is 62.7 cm³/mol. The number of nitrogens with one attached hydrogen (secondary N) is 1. The van der Waals surface area contributed by atoms with Crippen molar-refractivity contribution in [1.29, 1.82) is 0 Å². The minimum Gasteiger partial charge on any atom is -0.480 e. The summed E-state index contributed by atoms with van der Waals surface area (Å²) in [6.45, 7) is 1.30. The van der Waals surface area contributed by atoms with Crippen molar-refractivity contribution in [2.24, 2.45) is 0 Å². The smallest absolute Gasteiger partial charge is 0.325 e. The third-order valence-corrected chi connectivity index (χ3v) is 2.43. The van der Waals surface area contributed by atoms with Crippen molar-refractivity contribution in [3.05, 3.63) is 38.9 Å². The Balaban J connectivity index is 2.91. The second kappa shape index (κ2) is 5.46. The van der Waals surface area contributed by atoms with Gasteiger partial charge in [0, 0.05) is 11.6 Å². The van der Waals surface area contributed by atoms with Gasteiger partial charge in [-0.25, -0.2) is 0 Å². The zero-order valence-electron chi connectivity index (χ0n) is 9.21. The van der Waals surface area contributed by atoms with Gasteiger partial charge in [-0.05, 0) is 19.1 Å². The Morgan fingerprint density at radius 3 is 2.56 bits per heavy atom. The zero-order valence-corrected chi connectivity index (χ0v) is 9.97. The second-order valence-electron chi connectivity index (χ2n) is 3.46. The molecule has 1 rings (SSSR count). The topological polar surface area (TPSA) is 110 Å². The van der Waals surface area contributed by atoms with Gasteiger partial charge >= 0.3 is 5.97 Å². The van der Waals surface area contributed by atoms with E-state index >= 15 is 0 Å². The number of amides is 1. The van der Waals surface area contributed by atoms with Crippen LogP contribution >= 0.6 is 11.6 Å². The number of halogens is 1. The van der Waals surface area contributed by atoms with E-state index in [0.29, 0.717) is 0 Å². The normalized spacial score (nSPS) is 11.7. The van der Waals surface area contributed by atoms with E-state index in [1.807, 2.05) is 0 Å². The van der Waals surface area contributed by atoms with Crippen molar-refractivity contribution in [2.45, 2.75) is 13.0 Å². The molecule has 0 saturated heterocycles. The zero-order chi connectivity index (χ0) is 13.9. The first-order chi connectivity index (χ1) is 8.32. The van der Waals surface area contributed by atoms with Gasteiger partial charge in [0.25, 0.3) is 11.6 Å². The molecule has 0 bridgehead atoms. The van der Waals surface area contributed by atoms with Crippen molar-refractivity contribution in [3.8, 4) is 0 Å². The number of carboxylic acid groups (broad SMARTS) is 1. The van der Waals surface area contributed by atoms with Crippen LogP contribution in [0.25, 0.3) is 0 Å². The number of aliphatic carboxylic acids is 1. The molecule has 0 radical (unpaired) electrons. The lowest BCUT2D eigenvalue weighted by molar-refractivity contribution is -0.384. The molecule has 0 aliphatic heterocycles. The van der Waals surface area contributed by atoms with Gasteiger partial charge in [-0.2, -0.15) is 0 Å². The van der Waals surface area contributed by atoms with Crippen molar-refractivity contribution in [3.63, 3.8) is 0 Å². The molecular formula is C10H9ClN2O5. The monoisotopic (exact) mass is 272 g/mol. The highest BCUT2D eigenvalue weighted by atomic mass is 35.5. The fourth-order valence-electron chi connectivity index (χ4n) is 1.14. The molecule has 0 heterocycles. The lowest BCUT2D eigenvalue weighted by Gasteiger charge is -2.09. The highest BCUT2D eigenvalue weighted by Gasteiger charge is 2.18. The molecule has 0 fully saturated rings. The number of nitrogens with zero attached hydrogens (tertiary/aromatic N) is 1. The van der Waals surface area contributed by atoms with Crippen LogP contribution in [0.1, 0.15) is 17.3 Å². The number of benzene rings is 1. The van der Waals surface area contributed by atoms with Crippen molar-refractivity contribution < 1.29 is 19.6 Å². The highest BCUT2D eigenvalue weighted by molar-refractivity contribution is 6.33. The molecule has 0 aliphatic rings. The Hall–Kier alpha value is -2.15. The van der Waals surface area contributed by atoms with Crippen LogP contribution in [0.2, 0.25) is 5.02 Å². The Morgan fingerprint density at radius 1 is 1.50 bits per heavy atom. The van der Waals surface area contributed by atoms with Gasteiger partial charge in [0.2, 0.25) is 0 Å². The molecule has 2 N–H and O–H groups in total. The summed E-state index contributed by atoms with van der Waals surface area (Å²) in [6.07, 6.45) is 0. The molecule has 1 aromatic rings. The molecule has 18 heavy (non-hydrogen) atoms. The number of hydrogen-bond donors (Lipinski definition) is 2. The summed E-state index contributed by atoms with van der Waals surface area (Å²) in [6, 6.07) is 2.34. The van der Waals surface area contributed by atoms with Crippen LogP contribution in [-0.4, -0.2) is 27.9 Å². The van der Waals surface area contributed by atoms with Crippen molar-refractivity contribution in [2.75, 3.05) is 0 Å². The molecule has 1 atom stereocenters. The predicted octanol–water partition coefficient (Wildman–Crippen LogP) is 1.45. The number of nitro benzene ring substituents is 1. The van der Waals surface area contributed by atoms with Gasteiger partial charge in [0.15, 0.2) is 0 Å². The van der Waals surface area contributed by atoms with Crippen LogP contribution in [0.15, 0.2) is 18.2 Å². The largest absolute Gasteiger partial charge is 0.480 e. The molecule has 96 valence electrons. The van der Waals surface area contributed by atoms with Crippen LogP contribution in [-0.2, 0) is 4.79 Å². The number of hydrogen-bond acceptors (Lipinski definition) is 4. The third-order valence-electron chi connectivity index (χ3n) is 2.12. The molecule has 0 aliphatic carbocycles. The first-order valence-corrected chi connectivity index (χ1v) is 5.18. The lowest BCUT2D eigenvalue weighted by atomic mass is 10.2. The number of carbonyl (C=O) groups is 2. The first-order valence-electron chi connectivity index (χ1n) is 4.80.